The molecule has 0 atom stereocenters. The van der Waals surface area contributed by atoms with Crippen molar-refractivity contribution in [2.24, 2.45) is 0 Å². The Hall–Kier alpha value is -2.31. The van der Waals surface area contributed by atoms with Crippen LogP contribution in [0.5, 0.6) is 0 Å². The van der Waals surface area contributed by atoms with Crippen molar-refractivity contribution in [3.05, 3.63) is 58.0 Å². The molecule has 0 aliphatic rings. The van der Waals surface area contributed by atoms with Gasteiger partial charge in [0.25, 0.3) is 0 Å². The molecule has 1 heterocycles. The lowest BCUT2D eigenvalue weighted by Gasteiger charge is -2.02. The molecule has 5 nitrogen and oxygen atoms in total. The molecule has 1 aromatic carbocycles. The van der Waals surface area contributed by atoms with Crippen LogP contribution in [0.25, 0.3) is 0 Å². The Labute approximate surface area is 94.5 Å². The molecule has 7 heteroatoms. The van der Waals surface area contributed by atoms with Gasteiger partial charge in [-0.3, -0.25) is 0 Å². The van der Waals surface area contributed by atoms with Crippen molar-refractivity contribution < 1.29 is 13.7 Å². The highest BCUT2D eigenvalue weighted by atomic mass is 19.1. The van der Waals surface area contributed by atoms with Crippen LogP contribution >= 0.6 is 0 Å². The van der Waals surface area contributed by atoms with Crippen LogP contribution in [0, 0.1) is 21.7 Å². The van der Waals surface area contributed by atoms with E-state index < -0.39 is 16.6 Å². The second-order valence-corrected chi connectivity index (χ2v) is 3.40. The topological polar surface area (TPSA) is 61.0 Å². The van der Waals surface area contributed by atoms with E-state index in [1.807, 2.05) is 0 Å². The van der Waals surface area contributed by atoms with Crippen LogP contribution in [0.2, 0.25) is 0 Å². The lowest BCUT2D eigenvalue weighted by atomic mass is 10.2. The summed E-state index contributed by atoms with van der Waals surface area (Å²) in [4.78, 5) is 13.3. The predicted octanol–water partition coefficient (Wildman–Crippen LogP) is 2.12. The fourth-order valence-corrected chi connectivity index (χ4v) is 1.38. The number of halogens is 2. The normalized spacial score (nSPS) is 10.5. The molecule has 0 aliphatic heterocycles. The molecule has 0 unspecified atom stereocenters. The van der Waals surface area contributed by atoms with Crippen molar-refractivity contribution >= 4 is 5.82 Å². The third-order valence-corrected chi connectivity index (χ3v) is 2.17. The molecule has 0 fully saturated rings. The van der Waals surface area contributed by atoms with Gasteiger partial charge in [0.15, 0.2) is 0 Å². The standard InChI is InChI=1S/C10H7F2N3O2/c11-8-2-1-7(9(12)3-8)4-14-5-10(13-6-14)15(16)17/h1-3,5-6H,4H2. The van der Waals surface area contributed by atoms with Crippen LogP contribution in [0.3, 0.4) is 0 Å². The van der Waals surface area contributed by atoms with Gasteiger partial charge in [0.2, 0.25) is 6.33 Å². The van der Waals surface area contributed by atoms with Gasteiger partial charge in [-0.25, -0.2) is 8.78 Å². The number of rotatable bonds is 3. The maximum absolute atomic E-state index is 13.3. The second-order valence-electron chi connectivity index (χ2n) is 3.40. The zero-order valence-electron chi connectivity index (χ0n) is 8.51. The van der Waals surface area contributed by atoms with Crippen molar-refractivity contribution in [2.45, 2.75) is 6.54 Å². The van der Waals surface area contributed by atoms with Gasteiger partial charge in [-0.05, 0) is 16.0 Å². The smallest absolute Gasteiger partial charge is 0.358 e. The predicted molar refractivity (Wildman–Crippen MR) is 54.3 cm³/mol. The summed E-state index contributed by atoms with van der Waals surface area (Å²) in [5.74, 6) is -1.67. The van der Waals surface area contributed by atoms with Gasteiger partial charge in [0.1, 0.15) is 17.8 Å². The molecule has 0 radical (unpaired) electrons. The van der Waals surface area contributed by atoms with Crippen molar-refractivity contribution in [3.63, 3.8) is 0 Å². The number of nitrogens with zero attached hydrogens (tertiary/aromatic N) is 3. The molecule has 0 N–H and O–H groups in total. The van der Waals surface area contributed by atoms with E-state index >= 15 is 0 Å². The molecule has 1 aromatic heterocycles. The first-order valence-corrected chi connectivity index (χ1v) is 4.66. The molecular formula is C10H7F2N3O2. The maximum Gasteiger partial charge on any atom is 0.381 e. The molecule has 88 valence electrons. The van der Waals surface area contributed by atoms with Crippen molar-refractivity contribution in [1.29, 1.82) is 0 Å². The zero-order valence-corrected chi connectivity index (χ0v) is 8.51. The molecule has 0 amide bonds. The summed E-state index contributed by atoms with van der Waals surface area (Å²) >= 11 is 0. The van der Waals surface area contributed by atoms with Crippen LogP contribution in [-0.4, -0.2) is 14.5 Å². The van der Waals surface area contributed by atoms with Crippen LogP contribution in [-0.2, 0) is 6.54 Å². The summed E-state index contributed by atoms with van der Waals surface area (Å²) < 4.78 is 27.3. The summed E-state index contributed by atoms with van der Waals surface area (Å²) in [7, 11) is 0. The van der Waals surface area contributed by atoms with Crippen LogP contribution in [0.1, 0.15) is 5.56 Å². The number of aromatic nitrogens is 2. The monoisotopic (exact) mass is 239 g/mol. The van der Waals surface area contributed by atoms with E-state index in [0.29, 0.717) is 0 Å². The highest BCUT2D eigenvalue weighted by Crippen LogP contribution is 2.13. The largest absolute Gasteiger partial charge is 0.381 e. The molecule has 0 spiro atoms. The Morgan fingerprint density at radius 3 is 2.76 bits per heavy atom. The fraction of sp³-hybridized carbons (Fsp3) is 0.100. The lowest BCUT2D eigenvalue weighted by molar-refractivity contribution is -0.389. The van der Waals surface area contributed by atoms with E-state index in [0.717, 1.165) is 12.1 Å². The van der Waals surface area contributed by atoms with Gasteiger partial charge in [-0.15, -0.1) is 0 Å². The Balaban J connectivity index is 2.22. The quantitative estimate of drug-likeness (QED) is 0.608. The maximum atomic E-state index is 13.3. The van der Waals surface area contributed by atoms with Gasteiger partial charge in [0.05, 0.1) is 6.54 Å². The Morgan fingerprint density at radius 2 is 2.18 bits per heavy atom. The third-order valence-electron chi connectivity index (χ3n) is 2.17. The number of imidazole rings is 1. The van der Waals surface area contributed by atoms with Gasteiger partial charge in [0, 0.05) is 11.6 Å². The Morgan fingerprint density at radius 1 is 1.41 bits per heavy atom. The summed E-state index contributed by atoms with van der Waals surface area (Å²) in [6, 6.07) is 3.18. The third kappa shape index (κ3) is 2.44. The number of hydrogen-bond donors (Lipinski definition) is 0. The first-order valence-electron chi connectivity index (χ1n) is 4.66. The summed E-state index contributed by atoms with van der Waals surface area (Å²) in [5.41, 5.74) is 0.235. The van der Waals surface area contributed by atoms with E-state index in [9.17, 15) is 18.9 Å². The van der Waals surface area contributed by atoms with Gasteiger partial charge < -0.3 is 14.7 Å². The minimum absolute atomic E-state index is 0.0625. The SMILES string of the molecule is O=[N+]([O-])c1cn(Cc2ccc(F)cc2F)cn1. The van der Waals surface area contributed by atoms with Crippen LogP contribution < -0.4 is 0 Å². The van der Waals surface area contributed by atoms with Crippen LogP contribution in [0.15, 0.2) is 30.7 Å². The highest BCUT2D eigenvalue weighted by Gasteiger charge is 2.11. The second kappa shape index (κ2) is 4.28. The summed E-state index contributed by atoms with van der Waals surface area (Å²) in [6.07, 6.45) is 2.41. The average molecular weight is 239 g/mol. The summed E-state index contributed by atoms with van der Waals surface area (Å²) in [6.45, 7) is 0.0625. The molecule has 0 aliphatic carbocycles. The minimum atomic E-state index is -0.693. The molecule has 0 saturated carbocycles. The molecule has 0 saturated heterocycles. The van der Waals surface area contributed by atoms with Gasteiger partial charge >= 0.3 is 5.82 Å². The van der Waals surface area contributed by atoms with Gasteiger partial charge in [-0.1, -0.05) is 6.07 Å². The minimum Gasteiger partial charge on any atom is -0.358 e. The lowest BCUT2D eigenvalue weighted by Crippen LogP contribution is -2.00. The number of hydrogen-bond acceptors (Lipinski definition) is 3. The van der Waals surface area contributed by atoms with Crippen molar-refractivity contribution in [2.75, 3.05) is 0 Å². The van der Waals surface area contributed by atoms with E-state index in [-0.39, 0.29) is 17.9 Å². The first kappa shape index (κ1) is 11.2. The van der Waals surface area contributed by atoms with E-state index in [1.54, 1.807) is 0 Å². The average Bonchev–Trinajstić information content (AvgIpc) is 2.71. The Kier molecular flexibility index (Phi) is 2.82. The Bertz CT molecular complexity index is 568. The molecule has 0 bridgehead atoms. The molecule has 2 rings (SSSR count). The van der Waals surface area contributed by atoms with E-state index in [2.05, 4.69) is 4.98 Å². The molecule has 17 heavy (non-hydrogen) atoms. The fourth-order valence-electron chi connectivity index (χ4n) is 1.38. The highest BCUT2D eigenvalue weighted by molar-refractivity contribution is 5.20. The van der Waals surface area contributed by atoms with E-state index in [1.165, 1.54) is 23.2 Å². The first-order chi connectivity index (χ1) is 8.06. The van der Waals surface area contributed by atoms with Crippen LogP contribution in [0.4, 0.5) is 14.6 Å². The van der Waals surface area contributed by atoms with Crippen molar-refractivity contribution in [3.8, 4) is 0 Å². The molecular weight excluding hydrogens is 232 g/mol. The number of benzene rings is 1. The number of nitro groups is 1. The van der Waals surface area contributed by atoms with E-state index in [4.69, 9.17) is 0 Å². The van der Waals surface area contributed by atoms with Crippen molar-refractivity contribution in [1.82, 2.24) is 9.55 Å². The molecule has 2 aromatic rings. The summed E-state index contributed by atoms with van der Waals surface area (Å²) in [5, 5.41) is 10.4. The van der Waals surface area contributed by atoms with Gasteiger partial charge in [-0.2, -0.15) is 0 Å². The zero-order chi connectivity index (χ0) is 12.4.